The number of nitrogens with zero attached hydrogens (tertiary/aromatic N) is 1. The van der Waals surface area contributed by atoms with Gasteiger partial charge in [0.2, 0.25) is 18.6 Å². The SMILES string of the molecule is C=CCCCCC(=O)N(Cc1ccc2c(c1)OCO2)[C@@H]1C=C(C(=O)NCCO)[C@@H]2c3cc(C=O)cc(OC)c3O[C@@H]2[C@H]1O. The lowest BCUT2D eigenvalue weighted by Crippen LogP contribution is -2.55. The predicted octanol–water partition coefficient (Wildman–Crippen LogP) is 2.63. The molecule has 0 aromatic heterocycles. The number of unbranched alkanes of at least 4 members (excludes halogenated alkanes) is 2. The van der Waals surface area contributed by atoms with Crippen LogP contribution in [0.5, 0.6) is 23.0 Å². The second-order valence-electron chi connectivity index (χ2n) is 10.6. The molecule has 3 aliphatic rings. The van der Waals surface area contributed by atoms with Crippen LogP contribution < -0.4 is 24.3 Å². The Balaban J connectivity index is 1.55. The van der Waals surface area contributed by atoms with Gasteiger partial charge in [-0.25, -0.2) is 0 Å². The van der Waals surface area contributed by atoms with Gasteiger partial charge in [-0.2, -0.15) is 0 Å². The van der Waals surface area contributed by atoms with Crippen LogP contribution in [0.1, 0.15) is 53.1 Å². The van der Waals surface area contributed by atoms with E-state index in [1.165, 1.54) is 13.2 Å². The zero-order chi connectivity index (χ0) is 30.5. The number of fused-ring (bicyclic) bond motifs is 4. The Morgan fingerprint density at radius 1 is 1.19 bits per heavy atom. The summed E-state index contributed by atoms with van der Waals surface area (Å²) in [7, 11) is 1.44. The predicted molar refractivity (Wildman–Crippen MR) is 155 cm³/mol. The number of ether oxygens (including phenoxy) is 4. The summed E-state index contributed by atoms with van der Waals surface area (Å²) in [5.74, 6) is 0.359. The minimum absolute atomic E-state index is 0.00926. The van der Waals surface area contributed by atoms with Gasteiger partial charge in [-0.15, -0.1) is 6.58 Å². The van der Waals surface area contributed by atoms with Crippen LogP contribution in [0, 0.1) is 0 Å². The zero-order valence-corrected chi connectivity index (χ0v) is 24.0. The van der Waals surface area contributed by atoms with Crippen molar-refractivity contribution < 1.29 is 43.5 Å². The molecule has 0 saturated carbocycles. The third kappa shape index (κ3) is 6.09. The second kappa shape index (κ2) is 13.3. The van der Waals surface area contributed by atoms with Gasteiger partial charge < -0.3 is 39.4 Å². The van der Waals surface area contributed by atoms with E-state index in [1.807, 2.05) is 6.07 Å². The molecule has 0 radical (unpaired) electrons. The van der Waals surface area contributed by atoms with E-state index in [4.69, 9.17) is 18.9 Å². The smallest absolute Gasteiger partial charge is 0.247 e. The van der Waals surface area contributed by atoms with Gasteiger partial charge in [-0.3, -0.25) is 14.4 Å². The molecule has 1 aliphatic carbocycles. The summed E-state index contributed by atoms with van der Waals surface area (Å²) < 4.78 is 22.7. The van der Waals surface area contributed by atoms with Crippen molar-refractivity contribution in [1.82, 2.24) is 10.2 Å². The molecule has 2 aromatic rings. The quantitative estimate of drug-likeness (QED) is 0.182. The standard InChI is InChI=1S/C32H36N2O9/c1-3-4-5-6-7-27(37)34(16-19-8-9-24-25(13-19)42-18-41-24)23-15-22(32(39)33-10-11-35)28-21-12-20(17-36)14-26(40-2)30(21)43-31(28)29(23)38/h3,8-9,12-15,17,23,28-29,31,35,38H,1,4-7,10-11,16,18H2,2H3,(H,33,39)/t23-,28+,29+,31+/m1/s1. The first-order chi connectivity index (χ1) is 20.9. The molecule has 2 amide bonds. The molecule has 0 bridgehead atoms. The Bertz CT molecular complexity index is 1420. The van der Waals surface area contributed by atoms with E-state index in [0.717, 1.165) is 18.4 Å². The highest BCUT2D eigenvalue weighted by molar-refractivity contribution is 5.96. The highest BCUT2D eigenvalue weighted by atomic mass is 16.7. The lowest BCUT2D eigenvalue weighted by molar-refractivity contribution is -0.138. The average molecular weight is 593 g/mol. The first kappa shape index (κ1) is 30.1. The van der Waals surface area contributed by atoms with Crippen LogP contribution in [-0.4, -0.2) is 78.5 Å². The molecule has 3 N–H and O–H groups in total. The van der Waals surface area contributed by atoms with Crippen LogP contribution in [0.4, 0.5) is 0 Å². The molecular formula is C32H36N2O9. The third-order valence-corrected chi connectivity index (χ3v) is 7.93. The van der Waals surface area contributed by atoms with Gasteiger partial charge in [0.1, 0.15) is 18.5 Å². The highest BCUT2D eigenvalue weighted by Crippen LogP contribution is 2.51. The molecule has 11 heteroatoms. The number of aldehydes is 1. The van der Waals surface area contributed by atoms with Crippen LogP contribution in [0.3, 0.4) is 0 Å². The Kier molecular flexibility index (Phi) is 9.32. The fraction of sp³-hybridized carbons (Fsp3) is 0.406. The maximum Gasteiger partial charge on any atom is 0.247 e. The van der Waals surface area contributed by atoms with Gasteiger partial charge in [0, 0.05) is 36.2 Å². The Hall–Kier alpha value is -4.35. The van der Waals surface area contributed by atoms with E-state index < -0.39 is 30.1 Å². The van der Waals surface area contributed by atoms with E-state index in [1.54, 1.807) is 35.3 Å². The van der Waals surface area contributed by atoms with Crippen molar-refractivity contribution in [3.05, 3.63) is 71.3 Å². The Morgan fingerprint density at radius 3 is 2.74 bits per heavy atom. The van der Waals surface area contributed by atoms with E-state index >= 15 is 0 Å². The Morgan fingerprint density at radius 2 is 2.00 bits per heavy atom. The molecular weight excluding hydrogens is 556 g/mol. The molecule has 4 atom stereocenters. The van der Waals surface area contributed by atoms with Gasteiger partial charge in [0.05, 0.1) is 25.7 Å². The molecule has 2 aliphatic heterocycles. The number of hydrogen-bond acceptors (Lipinski definition) is 9. The van der Waals surface area contributed by atoms with Crippen LogP contribution in [0.15, 0.2) is 54.6 Å². The molecule has 0 saturated heterocycles. The summed E-state index contributed by atoms with van der Waals surface area (Å²) in [6.07, 6.45) is 4.30. The fourth-order valence-electron chi connectivity index (χ4n) is 5.86. The number of aliphatic hydroxyl groups is 2. The summed E-state index contributed by atoms with van der Waals surface area (Å²) in [5, 5.41) is 23.9. The number of benzene rings is 2. The number of allylic oxidation sites excluding steroid dienone is 1. The minimum Gasteiger partial charge on any atom is -0.493 e. The van der Waals surface area contributed by atoms with Crippen molar-refractivity contribution in [3.63, 3.8) is 0 Å². The largest absolute Gasteiger partial charge is 0.493 e. The summed E-state index contributed by atoms with van der Waals surface area (Å²) in [5.41, 5.74) is 1.86. The lowest BCUT2D eigenvalue weighted by Gasteiger charge is -2.41. The average Bonchev–Trinajstić information content (AvgIpc) is 3.65. The number of rotatable bonds is 13. The van der Waals surface area contributed by atoms with Gasteiger partial charge in [0.15, 0.2) is 23.0 Å². The van der Waals surface area contributed by atoms with Crippen molar-refractivity contribution >= 4 is 18.1 Å². The van der Waals surface area contributed by atoms with Crippen LogP contribution in [0.2, 0.25) is 0 Å². The number of carbonyl (C=O) groups excluding carboxylic acids is 3. The summed E-state index contributed by atoms with van der Waals surface area (Å²) in [6, 6.07) is 7.61. The van der Waals surface area contributed by atoms with Crippen molar-refractivity contribution in [1.29, 1.82) is 0 Å². The molecule has 0 spiro atoms. The molecule has 43 heavy (non-hydrogen) atoms. The van der Waals surface area contributed by atoms with Gasteiger partial charge in [-0.05, 0) is 55.2 Å². The monoisotopic (exact) mass is 592 g/mol. The lowest BCUT2D eigenvalue weighted by atomic mass is 9.77. The normalized spacial score (nSPS) is 21.1. The van der Waals surface area contributed by atoms with E-state index in [0.29, 0.717) is 46.8 Å². The van der Waals surface area contributed by atoms with Gasteiger partial charge >= 0.3 is 0 Å². The van der Waals surface area contributed by atoms with E-state index in [2.05, 4.69) is 11.9 Å². The number of methoxy groups -OCH3 is 1. The zero-order valence-electron chi connectivity index (χ0n) is 24.0. The molecule has 5 rings (SSSR count). The topological polar surface area (TPSA) is 144 Å². The summed E-state index contributed by atoms with van der Waals surface area (Å²) in [6.45, 7) is 3.72. The molecule has 228 valence electrons. The maximum atomic E-state index is 13.8. The summed E-state index contributed by atoms with van der Waals surface area (Å²) in [4.78, 5) is 40.6. The molecule has 0 fully saturated rings. The number of carbonyl (C=O) groups is 3. The van der Waals surface area contributed by atoms with Crippen molar-refractivity contribution in [2.75, 3.05) is 27.1 Å². The molecule has 0 unspecified atom stereocenters. The van der Waals surface area contributed by atoms with Crippen LogP contribution in [-0.2, 0) is 16.1 Å². The van der Waals surface area contributed by atoms with E-state index in [9.17, 15) is 24.6 Å². The minimum atomic E-state index is -1.23. The van der Waals surface area contributed by atoms with Gasteiger partial charge in [0.25, 0.3) is 0 Å². The van der Waals surface area contributed by atoms with Crippen LogP contribution in [0.25, 0.3) is 0 Å². The van der Waals surface area contributed by atoms with Crippen molar-refractivity contribution in [2.45, 2.75) is 56.4 Å². The number of hydrogen-bond donors (Lipinski definition) is 3. The number of amides is 2. The van der Waals surface area contributed by atoms with Crippen LogP contribution >= 0.6 is 0 Å². The number of aliphatic hydroxyl groups excluding tert-OH is 2. The molecule has 2 aromatic carbocycles. The first-order valence-electron chi connectivity index (χ1n) is 14.3. The first-order valence-corrected chi connectivity index (χ1v) is 14.3. The van der Waals surface area contributed by atoms with Gasteiger partial charge in [-0.1, -0.05) is 12.1 Å². The third-order valence-electron chi connectivity index (χ3n) is 7.93. The maximum absolute atomic E-state index is 13.8. The summed E-state index contributed by atoms with van der Waals surface area (Å²) >= 11 is 0. The Labute approximate surface area is 249 Å². The van der Waals surface area contributed by atoms with E-state index in [-0.39, 0.29) is 44.4 Å². The number of nitrogens with one attached hydrogen (secondary N) is 1. The molecule has 2 heterocycles. The second-order valence-corrected chi connectivity index (χ2v) is 10.6. The molecule has 11 nitrogen and oxygen atoms in total. The highest BCUT2D eigenvalue weighted by Gasteiger charge is 2.51. The van der Waals surface area contributed by atoms with Crippen molar-refractivity contribution in [2.24, 2.45) is 0 Å². The van der Waals surface area contributed by atoms with Crippen molar-refractivity contribution in [3.8, 4) is 23.0 Å². The fourth-order valence-corrected chi connectivity index (χ4v) is 5.86.